The van der Waals surface area contributed by atoms with Gasteiger partial charge in [-0.2, -0.15) is 0 Å². The summed E-state index contributed by atoms with van der Waals surface area (Å²) in [5, 5.41) is 3.21. The molecule has 0 saturated carbocycles. The van der Waals surface area contributed by atoms with Crippen LogP contribution >= 0.6 is 0 Å². The van der Waals surface area contributed by atoms with Gasteiger partial charge in [0.25, 0.3) is 5.91 Å². The SMILES string of the molecule is C[C@@H](CCc1ccccc1)NC(=O)[C@H](C)[NH+](C)C1CC[NH+](C)CC1. The van der Waals surface area contributed by atoms with E-state index in [9.17, 15) is 4.79 Å². The van der Waals surface area contributed by atoms with Gasteiger partial charge in [0.05, 0.1) is 33.2 Å². The zero-order valence-corrected chi connectivity index (χ0v) is 15.8. The number of rotatable bonds is 7. The zero-order valence-electron chi connectivity index (χ0n) is 15.8. The number of likely N-dealkylation sites (N-methyl/N-ethyl adjacent to an activating group) is 1. The third kappa shape index (κ3) is 5.60. The second-order valence-corrected chi connectivity index (χ2v) is 7.63. The predicted molar refractivity (Wildman–Crippen MR) is 98.4 cm³/mol. The fourth-order valence-electron chi connectivity index (χ4n) is 3.59. The van der Waals surface area contributed by atoms with Crippen molar-refractivity contribution in [1.29, 1.82) is 0 Å². The molecule has 0 bridgehead atoms. The molecule has 3 atom stereocenters. The Labute approximate surface area is 147 Å². The lowest BCUT2D eigenvalue weighted by atomic mass is 10.0. The molecule has 0 aliphatic carbocycles. The Morgan fingerprint density at radius 1 is 1.25 bits per heavy atom. The molecule has 1 saturated heterocycles. The molecule has 3 N–H and O–H groups in total. The minimum Gasteiger partial charge on any atom is -0.348 e. The summed E-state index contributed by atoms with van der Waals surface area (Å²) in [4.78, 5) is 15.6. The van der Waals surface area contributed by atoms with Crippen LogP contribution in [0.2, 0.25) is 0 Å². The summed E-state index contributed by atoms with van der Waals surface area (Å²) in [6.07, 6.45) is 4.44. The van der Waals surface area contributed by atoms with Crippen molar-refractivity contribution in [2.75, 3.05) is 27.2 Å². The normalized spacial score (nSPS) is 24.8. The van der Waals surface area contributed by atoms with E-state index in [4.69, 9.17) is 0 Å². The van der Waals surface area contributed by atoms with Gasteiger partial charge in [0.15, 0.2) is 6.04 Å². The first-order valence-electron chi connectivity index (χ1n) is 9.46. The highest BCUT2D eigenvalue weighted by Gasteiger charge is 2.32. The smallest absolute Gasteiger partial charge is 0.278 e. The van der Waals surface area contributed by atoms with Crippen LogP contribution in [0.25, 0.3) is 0 Å². The summed E-state index contributed by atoms with van der Waals surface area (Å²) in [5.74, 6) is 0.194. The maximum absolute atomic E-state index is 12.6. The Kier molecular flexibility index (Phi) is 7.25. The van der Waals surface area contributed by atoms with Crippen molar-refractivity contribution in [2.24, 2.45) is 0 Å². The molecule has 4 heteroatoms. The van der Waals surface area contributed by atoms with E-state index in [2.05, 4.69) is 57.5 Å². The third-order valence-electron chi connectivity index (χ3n) is 5.66. The fourth-order valence-corrected chi connectivity index (χ4v) is 3.59. The molecule has 1 fully saturated rings. The van der Waals surface area contributed by atoms with Crippen molar-refractivity contribution in [3.05, 3.63) is 35.9 Å². The standard InChI is InChI=1S/C20H33N3O/c1-16(10-11-18-8-6-5-7-9-18)21-20(24)17(2)23(4)19-12-14-22(3)15-13-19/h5-9,16-17,19H,10-15H2,1-4H3,(H,21,24)/p+2/t16-,17-/m0/s1. The van der Waals surface area contributed by atoms with Crippen molar-refractivity contribution in [1.82, 2.24) is 5.32 Å². The molecule has 1 aromatic rings. The van der Waals surface area contributed by atoms with E-state index in [1.807, 2.05) is 6.07 Å². The number of hydrogen-bond donors (Lipinski definition) is 3. The van der Waals surface area contributed by atoms with Crippen molar-refractivity contribution >= 4 is 5.91 Å². The Bertz CT molecular complexity index is 497. The predicted octanol–water partition coefficient (Wildman–Crippen LogP) is -0.296. The molecule has 4 nitrogen and oxygen atoms in total. The number of benzene rings is 1. The average Bonchev–Trinajstić information content (AvgIpc) is 2.60. The van der Waals surface area contributed by atoms with Crippen LogP contribution in [0.4, 0.5) is 0 Å². The van der Waals surface area contributed by atoms with Gasteiger partial charge in [-0.05, 0) is 32.3 Å². The molecule has 1 aliphatic rings. The summed E-state index contributed by atoms with van der Waals surface area (Å²) in [7, 11) is 4.44. The van der Waals surface area contributed by atoms with E-state index in [-0.39, 0.29) is 18.0 Å². The molecule has 24 heavy (non-hydrogen) atoms. The van der Waals surface area contributed by atoms with Gasteiger partial charge in [-0.3, -0.25) is 4.79 Å². The minimum absolute atomic E-state index is 0.0209. The van der Waals surface area contributed by atoms with Crippen LogP contribution < -0.4 is 15.1 Å². The Morgan fingerprint density at radius 2 is 1.88 bits per heavy atom. The van der Waals surface area contributed by atoms with Crippen LogP contribution in [0.3, 0.4) is 0 Å². The Morgan fingerprint density at radius 3 is 2.50 bits per heavy atom. The molecule has 134 valence electrons. The summed E-state index contributed by atoms with van der Waals surface area (Å²) < 4.78 is 0. The van der Waals surface area contributed by atoms with Crippen LogP contribution in [0.15, 0.2) is 30.3 Å². The molecular formula is C20H35N3O+2. The minimum atomic E-state index is 0.0209. The van der Waals surface area contributed by atoms with Gasteiger partial charge < -0.3 is 15.1 Å². The molecule has 2 rings (SSSR count). The first-order valence-corrected chi connectivity index (χ1v) is 9.46. The van der Waals surface area contributed by atoms with Crippen molar-refractivity contribution in [3.8, 4) is 0 Å². The third-order valence-corrected chi connectivity index (χ3v) is 5.66. The van der Waals surface area contributed by atoms with Crippen LogP contribution in [0, 0.1) is 0 Å². The van der Waals surface area contributed by atoms with E-state index in [1.54, 1.807) is 4.90 Å². The quantitative estimate of drug-likeness (QED) is 0.630. The number of likely N-dealkylation sites (tertiary alicyclic amines) is 1. The molecule has 1 amide bonds. The maximum Gasteiger partial charge on any atom is 0.278 e. The van der Waals surface area contributed by atoms with Gasteiger partial charge in [-0.15, -0.1) is 0 Å². The summed E-state index contributed by atoms with van der Waals surface area (Å²) in [6, 6.07) is 11.3. The average molecular weight is 334 g/mol. The topological polar surface area (TPSA) is 38.0 Å². The summed E-state index contributed by atoms with van der Waals surface area (Å²) in [5.41, 5.74) is 1.34. The Balaban J connectivity index is 1.75. The second-order valence-electron chi connectivity index (χ2n) is 7.63. The number of nitrogens with one attached hydrogen (secondary N) is 3. The second kappa shape index (κ2) is 9.19. The number of piperidine rings is 1. The highest BCUT2D eigenvalue weighted by Crippen LogP contribution is 2.05. The van der Waals surface area contributed by atoms with Crippen LogP contribution in [-0.4, -0.2) is 51.2 Å². The van der Waals surface area contributed by atoms with Gasteiger partial charge in [-0.1, -0.05) is 30.3 Å². The first kappa shape index (κ1) is 18.9. The largest absolute Gasteiger partial charge is 0.348 e. The van der Waals surface area contributed by atoms with Crippen molar-refractivity contribution in [2.45, 2.75) is 57.7 Å². The lowest BCUT2D eigenvalue weighted by Gasteiger charge is -2.33. The number of carbonyl (C=O) groups is 1. The number of quaternary nitrogens is 2. The Hall–Kier alpha value is -1.39. The van der Waals surface area contributed by atoms with Gasteiger partial charge in [0.1, 0.15) is 0 Å². The number of amides is 1. The fraction of sp³-hybridized carbons (Fsp3) is 0.650. The molecule has 0 radical (unpaired) electrons. The van der Waals surface area contributed by atoms with E-state index < -0.39 is 0 Å². The first-order chi connectivity index (χ1) is 11.5. The summed E-state index contributed by atoms with van der Waals surface area (Å²) >= 11 is 0. The molecule has 1 aromatic carbocycles. The van der Waals surface area contributed by atoms with Crippen LogP contribution in [0.5, 0.6) is 0 Å². The van der Waals surface area contributed by atoms with E-state index in [0.29, 0.717) is 6.04 Å². The molecular weight excluding hydrogens is 298 g/mol. The summed E-state index contributed by atoms with van der Waals surface area (Å²) in [6.45, 7) is 6.63. The molecule has 1 heterocycles. The zero-order chi connectivity index (χ0) is 17.5. The maximum atomic E-state index is 12.6. The van der Waals surface area contributed by atoms with E-state index >= 15 is 0 Å². The van der Waals surface area contributed by atoms with Crippen LogP contribution in [-0.2, 0) is 11.2 Å². The van der Waals surface area contributed by atoms with E-state index in [0.717, 1.165) is 12.8 Å². The highest BCUT2D eigenvalue weighted by molar-refractivity contribution is 5.80. The number of carbonyl (C=O) groups excluding carboxylic acids is 1. The van der Waals surface area contributed by atoms with E-state index in [1.165, 1.54) is 36.4 Å². The highest BCUT2D eigenvalue weighted by atomic mass is 16.2. The molecule has 0 spiro atoms. The monoisotopic (exact) mass is 333 g/mol. The van der Waals surface area contributed by atoms with Crippen molar-refractivity contribution < 1.29 is 14.6 Å². The lowest BCUT2D eigenvalue weighted by molar-refractivity contribution is -0.948. The molecule has 0 aromatic heterocycles. The lowest BCUT2D eigenvalue weighted by Crippen LogP contribution is -3.21. The van der Waals surface area contributed by atoms with Gasteiger partial charge in [0.2, 0.25) is 0 Å². The molecule has 1 unspecified atom stereocenters. The van der Waals surface area contributed by atoms with Crippen molar-refractivity contribution in [3.63, 3.8) is 0 Å². The van der Waals surface area contributed by atoms with Gasteiger partial charge in [-0.25, -0.2) is 0 Å². The number of aryl methyl sites for hydroxylation is 1. The molecule has 1 aliphatic heterocycles. The van der Waals surface area contributed by atoms with Gasteiger partial charge in [0, 0.05) is 18.9 Å². The van der Waals surface area contributed by atoms with Gasteiger partial charge >= 0.3 is 0 Å². The number of hydrogen-bond acceptors (Lipinski definition) is 1. The van der Waals surface area contributed by atoms with Crippen LogP contribution in [0.1, 0.15) is 38.7 Å².